The monoisotopic (exact) mass is 423 g/mol. The van der Waals surface area contributed by atoms with E-state index in [1.54, 1.807) is 28.3 Å². The molecule has 0 radical (unpaired) electrons. The average molecular weight is 423 g/mol. The van der Waals surface area contributed by atoms with E-state index in [-0.39, 0.29) is 11.7 Å². The number of nitrogens with one attached hydrogen (secondary N) is 2. The predicted molar refractivity (Wildman–Crippen MR) is 111 cm³/mol. The lowest BCUT2D eigenvalue weighted by molar-refractivity contribution is 0.0950. The molecule has 0 fully saturated rings. The molecule has 0 atom stereocenters. The van der Waals surface area contributed by atoms with Crippen LogP contribution in [0.3, 0.4) is 0 Å². The Morgan fingerprint density at radius 1 is 1.07 bits per heavy atom. The molecule has 0 aliphatic heterocycles. The van der Waals surface area contributed by atoms with Gasteiger partial charge >= 0.3 is 0 Å². The smallest absolute Gasteiger partial charge is 0.270 e. The van der Waals surface area contributed by atoms with E-state index in [1.807, 2.05) is 30.3 Å². The predicted octanol–water partition coefficient (Wildman–Crippen LogP) is 2.69. The number of carbonyl (C=O) groups is 1. The molecule has 0 saturated heterocycles. The van der Waals surface area contributed by atoms with Gasteiger partial charge in [-0.3, -0.25) is 4.79 Å². The van der Waals surface area contributed by atoms with Gasteiger partial charge in [-0.05, 0) is 34.2 Å². The zero-order chi connectivity index (χ0) is 20.8. The Balaban J connectivity index is 1.28. The summed E-state index contributed by atoms with van der Waals surface area (Å²) in [5.41, 5.74) is 1.71. The molecule has 0 bridgehead atoms. The number of hydrogen-bond donors (Lipinski definition) is 2. The molecule has 2 aromatic heterocycles. The number of hydrogen-bond acceptors (Lipinski definition) is 7. The summed E-state index contributed by atoms with van der Waals surface area (Å²) in [4.78, 5) is 16.6. The quantitative estimate of drug-likeness (QED) is 0.423. The van der Waals surface area contributed by atoms with E-state index in [1.165, 1.54) is 17.4 Å². The molecule has 8 nitrogen and oxygen atoms in total. The van der Waals surface area contributed by atoms with Crippen molar-refractivity contribution in [3.8, 4) is 5.69 Å². The SMILES string of the molecule is O=C(NCCNc1nnnn1-c1ccccc1)c1csc(Cc2ccccc2F)n1. The molecule has 4 aromatic rings. The minimum Gasteiger partial charge on any atom is -0.351 e. The van der Waals surface area contributed by atoms with Crippen LogP contribution in [0.15, 0.2) is 60.0 Å². The summed E-state index contributed by atoms with van der Waals surface area (Å²) in [6.45, 7) is 0.797. The number of carbonyl (C=O) groups excluding carboxylic acids is 1. The number of nitrogens with zero attached hydrogens (tertiary/aromatic N) is 5. The maximum Gasteiger partial charge on any atom is 0.270 e. The van der Waals surface area contributed by atoms with Crippen LogP contribution >= 0.6 is 11.3 Å². The van der Waals surface area contributed by atoms with E-state index in [4.69, 9.17) is 0 Å². The molecule has 2 N–H and O–H groups in total. The highest BCUT2D eigenvalue weighted by Gasteiger charge is 2.12. The first-order valence-corrected chi connectivity index (χ1v) is 10.1. The van der Waals surface area contributed by atoms with Crippen LogP contribution in [-0.2, 0) is 6.42 Å². The van der Waals surface area contributed by atoms with Gasteiger partial charge in [0.2, 0.25) is 5.95 Å². The van der Waals surface area contributed by atoms with Gasteiger partial charge in [-0.2, -0.15) is 4.68 Å². The number of rotatable bonds is 8. The van der Waals surface area contributed by atoms with Gasteiger partial charge in [0.25, 0.3) is 5.91 Å². The van der Waals surface area contributed by atoms with Gasteiger partial charge in [0.05, 0.1) is 10.7 Å². The van der Waals surface area contributed by atoms with Gasteiger partial charge in [-0.15, -0.1) is 11.3 Å². The molecule has 0 saturated carbocycles. The van der Waals surface area contributed by atoms with E-state index in [0.717, 1.165) is 5.69 Å². The highest BCUT2D eigenvalue weighted by atomic mass is 32.1. The van der Waals surface area contributed by atoms with Gasteiger partial charge in [0.1, 0.15) is 11.5 Å². The summed E-state index contributed by atoms with van der Waals surface area (Å²) >= 11 is 1.33. The molecule has 10 heteroatoms. The molecule has 0 unspecified atom stereocenters. The van der Waals surface area contributed by atoms with Gasteiger partial charge in [0.15, 0.2) is 0 Å². The van der Waals surface area contributed by atoms with Crippen molar-refractivity contribution in [2.75, 3.05) is 18.4 Å². The normalized spacial score (nSPS) is 10.7. The number of anilines is 1. The Bertz CT molecular complexity index is 1130. The lowest BCUT2D eigenvalue weighted by Gasteiger charge is -2.07. The van der Waals surface area contributed by atoms with Crippen molar-refractivity contribution in [1.29, 1.82) is 0 Å². The first kappa shape index (κ1) is 19.6. The Kier molecular flexibility index (Phi) is 6.04. The number of amides is 1. The topological polar surface area (TPSA) is 97.6 Å². The number of thiazole rings is 1. The first-order valence-electron chi connectivity index (χ1n) is 9.24. The molecule has 4 rings (SSSR count). The summed E-state index contributed by atoms with van der Waals surface area (Å²) in [5, 5.41) is 19.9. The summed E-state index contributed by atoms with van der Waals surface area (Å²) in [5.74, 6) is -0.0746. The minimum absolute atomic E-state index is 0.275. The highest BCUT2D eigenvalue weighted by molar-refractivity contribution is 7.09. The molecule has 152 valence electrons. The lowest BCUT2D eigenvalue weighted by atomic mass is 10.1. The largest absolute Gasteiger partial charge is 0.351 e. The fraction of sp³-hybridized carbons (Fsp3) is 0.150. The van der Waals surface area contributed by atoms with Crippen molar-refractivity contribution in [3.05, 3.63) is 82.1 Å². The van der Waals surface area contributed by atoms with Gasteiger partial charge in [-0.1, -0.05) is 41.5 Å². The minimum atomic E-state index is -0.282. The number of halogens is 1. The molecule has 2 heterocycles. The van der Waals surface area contributed by atoms with Crippen LogP contribution in [0.1, 0.15) is 21.1 Å². The van der Waals surface area contributed by atoms with E-state index in [0.29, 0.717) is 41.7 Å². The van der Waals surface area contributed by atoms with Crippen molar-refractivity contribution >= 4 is 23.2 Å². The summed E-state index contributed by atoms with van der Waals surface area (Å²) in [6, 6.07) is 16.0. The van der Waals surface area contributed by atoms with Crippen LogP contribution < -0.4 is 10.6 Å². The van der Waals surface area contributed by atoms with Crippen molar-refractivity contribution in [2.45, 2.75) is 6.42 Å². The molecule has 2 aromatic carbocycles. The number of benzene rings is 2. The van der Waals surface area contributed by atoms with Gasteiger partial charge in [0, 0.05) is 24.9 Å². The Morgan fingerprint density at radius 3 is 2.70 bits per heavy atom. The van der Waals surface area contributed by atoms with Crippen LogP contribution in [-0.4, -0.2) is 44.2 Å². The molecule has 30 heavy (non-hydrogen) atoms. The van der Waals surface area contributed by atoms with E-state index in [2.05, 4.69) is 31.1 Å². The Labute approximate surface area is 175 Å². The second-order valence-corrected chi connectivity index (χ2v) is 7.27. The van der Waals surface area contributed by atoms with Crippen LogP contribution in [0.5, 0.6) is 0 Å². The van der Waals surface area contributed by atoms with Crippen molar-refractivity contribution in [2.24, 2.45) is 0 Å². The fourth-order valence-corrected chi connectivity index (χ4v) is 3.58. The highest BCUT2D eigenvalue weighted by Crippen LogP contribution is 2.17. The first-order chi connectivity index (χ1) is 14.7. The zero-order valence-corrected chi connectivity index (χ0v) is 16.6. The van der Waals surface area contributed by atoms with Crippen molar-refractivity contribution < 1.29 is 9.18 Å². The standard InChI is InChI=1S/C20H18FN7OS/c21-16-9-5-4-6-14(16)12-18-24-17(13-30-18)19(29)22-10-11-23-20-25-26-27-28(20)15-7-2-1-3-8-15/h1-9,13H,10-12H2,(H,22,29)(H,23,25,27). The second-order valence-electron chi connectivity index (χ2n) is 6.33. The fourth-order valence-electron chi connectivity index (χ4n) is 2.78. The average Bonchev–Trinajstić information content (AvgIpc) is 3.43. The molecular formula is C20H18FN7OS. The summed E-state index contributed by atoms with van der Waals surface area (Å²) in [6.07, 6.45) is 0.355. The second kappa shape index (κ2) is 9.23. The molecule has 0 aliphatic carbocycles. The van der Waals surface area contributed by atoms with E-state index >= 15 is 0 Å². The number of tetrazole rings is 1. The van der Waals surface area contributed by atoms with Crippen LogP contribution in [0.25, 0.3) is 5.69 Å². The third-order valence-corrected chi connectivity index (χ3v) is 5.10. The van der Waals surface area contributed by atoms with Crippen LogP contribution in [0.2, 0.25) is 0 Å². The maximum absolute atomic E-state index is 13.8. The molecule has 1 amide bonds. The lowest BCUT2D eigenvalue weighted by Crippen LogP contribution is -2.29. The molecule has 0 aliphatic rings. The summed E-state index contributed by atoms with van der Waals surface area (Å²) in [7, 11) is 0. The van der Waals surface area contributed by atoms with Gasteiger partial charge < -0.3 is 10.6 Å². The van der Waals surface area contributed by atoms with Crippen LogP contribution in [0.4, 0.5) is 10.3 Å². The Morgan fingerprint density at radius 2 is 1.87 bits per heavy atom. The van der Waals surface area contributed by atoms with Crippen molar-refractivity contribution in [3.63, 3.8) is 0 Å². The van der Waals surface area contributed by atoms with E-state index in [9.17, 15) is 9.18 Å². The van der Waals surface area contributed by atoms with E-state index < -0.39 is 0 Å². The van der Waals surface area contributed by atoms with Gasteiger partial charge in [-0.25, -0.2) is 9.37 Å². The third-order valence-electron chi connectivity index (χ3n) is 4.25. The third kappa shape index (κ3) is 4.66. The zero-order valence-electron chi connectivity index (χ0n) is 15.8. The Hall–Kier alpha value is -3.66. The maximum atomic E-state index is 13.8. The number of aromatic nitrogens is 5. The molecular weight excluding hydrogens is 405 g/mol. The molecule has 0 spiro atoms. The van der Waals surface area contributed by atoms with Crippen molar-refractivity contribution in [1.82, 2.24) is 30.5 Å². The summed E-state index contributed by atoms with van der Waals surface area (Å²) < 4.78 is 15.4. The van der Waals surface area contributed by atoms with Crippen LogP contribution in [0, 0.1) is 5.82 Å². The number of para-hydroxylation sites is 1.